The van der Waals surface area contributed by atoms with Gasteiger partial charge in [0.2, 0.25) is 0 Å². The Labute approximate surface area is 97.8 Å². The fourth-order valence-corrected chi connectivity index (χ4v) is 2.53. The molecule has 0 aromatic heterocycles. The molecule has 0 heterocycles. The van der Waals surface area contributed by atoms with Crippen LogP contribution in [0.2, 0.25) is 0 Å². The van der Waals surface area contributed by atoms with Crippen molar-refractivity contribution in [2.75, 3.05) is 0 Å². The summed E-state index contributed by atoms with van der Waals surface area (Å²) in [6, 6.07) is 0. The predicted molar refractivity (Wildman–Crippen MR) is 71.1 cm³/mol. The fourth-order valence-electron chi connectivity index (χ4n) is 2.53. The molecule has 0 heteroatoms. The molecule has 0 bridgehead atoms. The Kier molecular flexibility index (Phi) is 6.55. The van der Waals surface area contributed by atoms with E-state index in [1.807, 2.05) is 0 Å². The van der Waals surface area contributed by atoms with Crippen molar-refractivity contribution < 1.29 is 0 Å². The van der Waals surface area contributed by atoms with E-state index in [1.165, 1.54) is 25.7 Å². The van der Waals surface area contributed by atoms with Gasteiger partial charge in [-0.05, 0) is 29.6 Å². The van der Waals surface area contributed by atoms with Gasteiger partial charge in [0.25, 0.3) is 0 Å². The summed E-state index contributed by atoms with van der Waals surface area (Å²) in [5, 5.41) is 0. The van der Waals surface area contributed by atoms with Crippen LogP contribution in [-0.2, 0) is 0 Å². The molecule has 0 nitrogen and oxygen atoms in total. The summed E-state index contributed by atoms with van der Waals surface area (Å²) in [4.78, 5) is 0. The molecule has 0 amide bonds. The van der Waals surface area contributed by atoms with E-state index in [2.05, 4.69) is 48.5 Å². The molecule has 0 saturated heterocycles. The Morgan fingerprint density at radius 3 is 1.80 bits per heavy atom. The zero-order valence-corrected chi connectivity index (χ0v) is 12.1. The molecule has 0 radical (unpaired) electrons. The Hall–Kier alpha value is 0. The predicted octanol–water partition coefficient (Wildman–Crippen LogP) is 5.52. The maximum atomic E-state index is 2.40. The van der Waals surface area contributed by atoms with Crippen LogP contribution in [0, 0.1) is 23.2 Å². The highest BCUT2D eigenvalue weighted by atomic mass is 14.3. The molecule has 15 heavy (non-hydrogen) atoms. The topological polar surface area (TPSA) is 0 Å². The van der Waals surface area contributed by atoms with Crippen molar-refractivity contribution in [2.45, 2.75) is 74.1 Å². The second kappa shape index (κ2) is 6.55. The van der Waals surface area contributed by atoms with E-state index >= 15 is 0 Å². The van der Waals surface area contributed by atoms with Gasteiger partial charge in [-0.1, -0.05) is 67.7 Å². The van der Waals surface area contributed by atoms with Crippen molar-refractivity contribution in [3.63, 3.8) is 0 Å². The minimum atomic E-state index is 0.484. The van der Waals surface area contributed by atoms with Gasteiger partial charge in [0.1, 0.15) is 0 Å². The third kappa shape index (κ3) is 5.58. The van der Waals surface area contributed by atoms with Gasteiger partial charge in [0.05, 0.1) is 0 Å². The summed E-state index contributed by atoms with van der Waals surface area (Å²) < 4.78 is 0. The van der Waals surface area contributed by atoms with Gasteiger partial charge in [-0.25, -0.2) is 0 Å². The first-order valence-electron chi connectivity index (χ1n) is 6.82. The van der Waals surface area contributed by atoms with E-state index in [1.54, 1.807) is 0 Å². The standard InChI is InChI=1S/C15H32/c1-8-10-14(15(5,6)7)11-13(9-2)12(3)4/h12-14H,8-11H2,1-7H3. The van der Waals surface area contributed by atoms with Crippen molar-refractivity contribution in [1.29, 1.82) is 0 Å². The van der Waals surface area contributed by atoms with Crippen LogP contribution in [0.5, 0.6) is 0 Å². The van der Waals surface area contributed by atoms with Gasteiger partial charge in [0, 0.05) is 0 Å². The molecule has 0 aromatic carbocycles. The maximum absolute atomic E-state index is 2.40. The Morgan fingerprint density at radius 2 is 1.53 bits per heavy atom. The lowest BCUT2D eigenvalue weighted by molar-refractivity contribution is 0.160. The molecule has 0 saturated carbocycles. The second-order valence-corrected chi connectivity index (χ2v) is 6.50. The molecule has 0 rings (SSSR count). The van der Waals surface area contributed by atoms with E-state index in [-0.39, 0.29) is 0 Å². The highest BCUT2D eigenvalue weighted by Gasteiger charge is 2.27. The Morgan fingerprint density at radius 1 is 1.00 bits per heavy atom. The van der Waals surface area contributed by atoms with Crippen LogP contribution in [0.4, 0.5) is 0 Å². The van der Waals surface area contributed by atoms with Crippen molar-refractivity contribution >= 4 is 0 Å². The van der Waals surface area contributed by atoms with Crippen LogP contribution in [0.15, 0.2) is 0 Å². The number of rotatable bonds is 6. The van der Waals surface area contributed by atoms with Crippen LogP contribution >= 0.6 is 0 Å². The Balaban J connectivity index is 4.38. The molecule has 2 atom stereocenters. The average molecular weight is 212 g/mol. The maximum Gasteiger partial charge on any atom is -0.0354 e. The summed E-state index contributed by atoms with van der Waals surface area (Å²) in [5.74, 6) is 2.66. The largest absolute Gasteiger partial charge is 0.0654 e. The highest BCUT2D eigenvalue weighted by molar-refractivity contribution is 4.77. The first-order chi connectivity index (χ1) is 6.82. The van der Waals surface area contributed by atoms with E-state index in [0.717, 1.165) is 17.8 Å². The summed E-state index contributed by atoms with van der Waals surface area (Å²) in [6.07, 6.45) is 5.49. The third-order valence-electron chi connectivity index (χ3n) is 3.92. The van der Waals surface area contributed by atoms with E-state index in [0.29, 0.717) is 5.41 Å². The molecule has 92 valence electrons. The SMILES string of the molecule is CCCC(CC(CC)C(C)C)C(C)(C)C. The summed E-state index contributed by atoms with van der Waals surface area (Å²) in [6.45, 7) is 16.6. The average Bonchev–Trinajstić information content (AvgIpc) is 2.09. The highest BCUT2D eigenvalue weighted by Crippen LogP contribution is 2.37. The molecule has 0 fully saturated rings. The van der Waals surface area contributed by atoms with Gasteiger partial charge >= 0.3 is 0 Å². The van der Waals surface area contributed by atoms with Crippen molar-refractivity contribution in [2.24, 2.45) is 23.2 Å². The van der Waals surface area contributed by atoms with Gasteiger partial charge in [-0.3, -0.25) is 0 Å². The third-order valence-corrected chi connectivity index (χ3v) is 3.92. The molecule has 0 aliphatic heterocycles. The first kappa shape index (κ1) is 15.0. The van der Waals surface area contributed by atoms with Gasteiger partial charge in [-0.15, -0.1) is 0 Å². The number of hydrogen-bond acceptors (Lipinski definition) is 0. The quantitative estimate of drug-likeness (QED) is 0.543. The monoisotopic (exact) mass is 212 g/mol. The lowest BCUT2D eigenvalue weighted by Gasteiger charge is -2.34. The molecule has 0 aliphatic rings. The van der Waals surface area contributed by atoms with Gasteiger partial charge < -0.3 is 0 Å². The number of hydrogen-bond donors (Lipinski definition) is 0. The fraction of sp³-hybridized carbons (Fsp3) is 1.00. The van der Waals surface area contributed by atoms with Gasteiger partial charge in [0.15, 0.2) is 0 Å². The normalized spacial score (nSPS) is 16.8. The Bertz CT molecular complexity index is 150. The van der Waals surface area contributed by atoms with E-state index < -0.39 is 0 Å². The minimum absolute atomic E-state index is 0.484. The van der Waals surface area contributed by atoms with Crippen molar-refractivity contribution in [1.82, 2.24) is 0 Å². The molecular weight excluding hydrogens is 180 g/mol. The van der Waals surface area contributed by atoms with Crippen LogP contribution in [0.25, 0.3) is 0 Å². The van der Waals surface area contributed by atoms with Crippen molar-refractivity contribution in [3.05, 3.63) is 0 Å². The lowest BCUT2D eigenvalue weighted by Crippen LogP contribution is -2.24. The smallest absolute Gasteiger partial charge is 0.0354 e. The molecule has 0 N–H and O–H groups in total. The van der Waals surface area contributed by atoms with Crippen LogP contribution in [0.3, 0.4) is 0 Å². The van der Waals surface area contributed by atoms with Crippen LogP contribution in [-0.4, -0.2) is 0 Å². The van der Waals surface area contributed by atoms with Crippen molar-refractivity contribution in [3.8, 4) is 0 Å². The zero-order chi connectivity index (χ0) is 12.1. The van der Waals surface area contributed by atoms with Gasteiger partial charge in [-0.2, -0.15) is 0 Å². The summed E-state index contributed by atoms with van der Waals surface area (Å²) >= 11 is 0. The molecule has 0 spiro atoms. The lowest BCUT2D eigenvalue weighted by atomic mass is 9.71. The molecule has 0 aromatic rings. The van der Waals surface area contributed by atoms with E-state index in [9.17, 15) is 0 Å². The van der Waals surface area contributed by atoms with Crippen LogP contribution < -0.4 is 0 Å². The minimum Gasteiger partial charge on any atom is -0.0654 e. The molecular formula is C15H32. The summed E-state index contributed by atoms with van der Waals surface area (Å²) in [7, 11) is 0. The zero-order valence-electron chi connectivity index (χ0n) is 12.1. The summed E-state index contributed by atoms with van der Waals surface area (Å²) in [5.41, 5.74) is 0.484. The van der Waals surface area contributed by atoms with E-state index in [4.69, 9.17) is 0 Å². The second-order valence-electron chi connectivity index (χ2n) is 6.50. The molecule has 0 aliphatic carbocycles. The molecule has 2 unspecified atom stereocenters. The first-order valence-corrected chi connectivity index (χ1v) is 6.82. The van der Waals surface area contributed by atoms with Crippen LogP contribution in [0.1, 0.15) is 74.1 Å².